The number of amides is 2. The standard InChI is InChI=1S/C30H28N2O5/c1-17-5-7-21(13-19(17)3)29(35)31-25-15-23(9-11-27(25)33)37-24-10-12-28(34)26(16-24)32-30(36)22-8-6-18(2)20(4)14-22/h5-16,33-34H,1-4H3,(H,31,35)(H,32,36). The molecule has 0 spiro atoms. The molecule has 0 bridgehead atoms. The summed E-state index contributed by atoms with van der Waals surface area (Å²) in [6, 6.07) is 19.6. The van der Waals surface area contributed by atoms with Crippen molar-refractivity contribution < 1.29 is 24.5 Å². The van der Waals surface area contributed by atoms with Gasteiger partial charge >= 0.3 is 0 Å². The van der Waals surface area contributed by atoms with Crippen LogP contribution in [0.4, 0.5) is 11.4 Å². The molecule has 4 aromatic carbocycles. The minimum atomic E-state index is -0.364. The van der Waals surface area contributed by atoms with Crippen LogP contribution in [-0.2, 0) is 0 Å². The third-order valence-electron chi connectivity index (χ3n) is 6.21. The van der Waals surface area contributed by atoms with Crippen LogP contribution < -0.4 is 15.4 Å². The maximum Gasteiger partial charge on any atom is 0.255 e. The van der Waals surface area contributed by atoms with Crippen LogP contribution in [0.2, 0.25) is 0 Å². The molecule has 0 saturated heterocycles. The van der Waals surface area contributed by atoms with E-state index in [2.05, 4.69) is 10.6 Å². The number of aromatic hydroxyl groups is 2. The minimum absolute atomic E-state index is 0.114. The lowest BCUT2D eigenvalue weighted by atomic mass is 10.1. The van der Waals surface area contributed by atoms with Gasteiger partial charge in [0.2, 0.25) is 0 Å². The van der Waals surface area contributed by atoms with Gasteiger partial charge in [0.15, 0.2) is 0 Å². The molecule has 0 fully saturated rings. The maximum absolute atomic E-state index is 12.7. The van der Waals surface area contributed by atoms with Crippen LogP contribution in [0.3, 0.4) is 0 Å². The van der Waals surface area contributed by atoms with Gasteiger partial charge in [-0.3, -0.25) is 9.59 Å². The number of hydrogen-bond acceptors (Lipinski definition) is 5. The van der Waals surface area contributed by atoms with E-state index in [1.165, 1.54) is 24.3 Å². The van der Waals surface area contributed by atoms with Crippen LogP contribution >= 0.6 is 0 Å². The topological polar surface area (TPSA) is 108 Å². The second-order valence-corrected chi connectivity index (χ2v) is 8.97. The van der Waals surface area contributed by atoms with Gasteiger partial charge in [-0.25, -0.2) is 0 Å². The molecular weight excluding hydrogens is 468 g/mol. The van der Waals surface area contributed by atoms with E-state index in [0.29, 0.717) is 22.6 Å². The van der Waals surface area contributed by atoms with E-state index in [0.717, 1.165) is 22.3 Å². The van der Waals surface area contributed by atoms with Crippen LogP contribution in [0.1, 0.15) is 43.0 Å². The first-order chi connectivity index (χ1) is 17.6. The number of benzene rings is 4. The molecule has 0 aromatic heterocycles. The predicted molar refractivity (Wildman–Crippen MR) is 144 cm³/mol. The normalized spacial score (nSPS) is 10.6. The van der Waals surface area contributed by atoms with Gasteiger partial charge in [0.05, 0.1) is 11.4 Å². The van der Waals surface area contributed by atoms with Crippen LogP contribution in [0, 0.1) is 27.7 Å². The van der Waals surface area contributed by atoms with Crippen molar-refractivity contribution in [1.29, 1.82) is 0 Å². The number of ether oxygens (including phenoxy) is 1. The summed E-state index contributed by atoms with van der Waals surface area (Å²) in [4.78, 5) is 25.4. The fourth-order valence-corrected chi connectivity index (χ4v) is 3.65. The van der Waals surface area contributed by atoms with Crippen molar-refractivity contribution in [3.63, 3.8) is 0 Å². The number of carbonyl (C=O) groups is 2. The van der Waals surface area contributed by atoms with Gasteiger partial charge in [0, 0.05) is 23.3 Å². The van der Waals surface area contributed by atoms with E-state index < -0.39 is 0 Å². The highest BCUT2D eigenvalue weighted by Gasteiger charge is 2.14. The van der Waals surface area contributed by atoms with Crippen molar-refractivity contribution in [1.82, 2.24) is 0 Å². The number of hydrogen-bond donors (Lipinski definition) is 4. The van der Waals surface area contributed by atoms with Gasteiger partial charge in [0.1, 0.15) is 23.0 Å². The average Bonchev–Trinajstić information content (AvgIpc) is 2.86. The first kappa shape index (κ1) is 25.3. The molecule has 0 aliphatic heterocycles. The Bertz CT molecular complexity index is 1400. The third-order valence-corrected chi connectivity index (χ3v) is 6.21. The summed E-state index contributed by atoms with van der Waals surface area (Å²) in [5, 5.41) is 26.0. The lowest BCUT2D eigenvalue weighted by molar-refractivity contribution is 0.101. The molecule has 0 saturated carbocycles. The summed E-state index contributed by atoms with van der Waals surface area (Å²) in [5.74, 6) is -0.281. The Morgan fingerprint density at radius 1 is 0.568 bits per heavy atom. The maximum atomic E-state index is 12.7. The molecule has 4 aromatic rings. The van der Waals surface area contributed by atoms with Crippen LogP contribution in [0.25, 0.3) is 0 Å². The van der Waals surface area contributed by atoms with Crippen molar-refractivity contribution in [2.24, 2.45) is 0 Å². The minimum Gasteiger partial charge on any atom is -0.506 e. The van der Waals surface area contributed by atoms with Gasteiger partial charge in [-0.15, -0.1) is 0 Å². The number of aryl methyl sites for hydroxylation is 4. The molecule has 0 radical (unpaired) electrons. The largest absolute Gasteiger partial charge is 0.506 e. The summed E-state index contributed by atoms with van der Waals surface area (Å²) in [6.07, 6.45) is 0. The van der Waals surface area contributed by atoms with Crippen molar-refractivity contribution in [2.75, 3.05) is 10.6 Å². The zero-order valence-electron chi connectivity index (χ0n) is 21.0. The lowest BCUT2D eigenvalue weighted by Crippen LogP contribution is -2.12. The molecule has 0 aliphatic rings. The monoisotopic (exact) mass is 496 g/mol. The smallest absolute Gasteiger partial charge is 0.255 e. The number of anilines is 2. The fourth-order valence-electron chi connectivity index (χ4n) is 3.65. The second-order valence-electron chi connectivity index (χ2n) is 8.97. The SMILES string of the molecule is Cc1ccc(C(=O)Nc2cc(Oc3ccc(O)c(NC(=O)c4ccc(C)c(C)c4)c3)ccc2O)cc1C. The van der Waals surface area contributed by atoms with Gasteiger partial charge in [-0.05, 0) is 98.5 Å². The van der Waals surface area contributed by atoms with E-state index in [1.54, 1.807) is 36.4 Å². The number of nitrogens with one attached hydrogen (secondary N) is 2. The van der Waals surface area contributed by atoms with Crippen LogP contribution in [-0.4, -0.2) is 22.0 Å². The summed E-state index contributed by atoms with van der Waals surface area (Å²) in [6.45, 7) is 7.78. The predicted octanol–water partition coefficient (Wildman–Crippen LogP) is 6.63. The molecule has 0 aliphatic carbocycles. The molecule has 7 heteroatoms. The fraction of sp³-hybridized carbons (Fsp3) is 0.133. The molecule has 37 heavy (non-hydrogen) atoms. The molecule has 188 valence electrons. The van der Waals surface area contributed by atoms with Crippen molar-refractivity contribution in [2.45, 2.75) is 27.7 Å². The summed E-state index contributed by atoms with van der Waals surface area (Å²) < 4.78 is 5.89. The van der Waals surface area contributed by atoms with E-state index in [9.17, 15) is 19.8 Å². The Labute approximate surface area is 215 Å². The van der Waals surface area contributed by atoms with Crippen LogP contribution in [0.15, 0.2) is 72.8 Å². The number of phenolic OH excluding ortho intramolecular Hbond substituents is 2. The third kappa shape index (κ3) is 5.90. The highest BCUT2D eigenvalue weighted by Crippen LogP contribution is 2.34. The molecule has 0 unspecified atom stereocenters. The number of phenols is 2. The molecule has 2 amide bonds. The lowest BCUT2D eigenvalue weighted by Gasteiger charge is -2.13. The zero-order valence-corrected chi connectivity index (χ0v) is 21.0. The Hall–Kier alpha value is -4.78. The van der Waals surface area contributed by atoms with Gasteiger partial charge in [0.25, 0.3) is 11.8 Å². The van der Waals surface area contributed by atoms with Gasteiger partial charge in [-0.1, -0.05) is 12.1 Å². The summed E-state index contributed by atoms with van der Waals surface area (Å²) in [5.41, 5.74) is 5.43. The molecule has 4 N–H and O–H groups in total. The number of rotatable bonds is 6. The van der Waals surface area contributed by atoms with Gasteiger partial charge in [-0.2, -0.15) is 0 Å². The second kappa shape index (κ2) is 10.5. The zero-order chi connectivity index (χ0) is 26.7. The molecule has 0 atom stereocenters. The highest BCUT2D eigenvalue weighted by molar-refractivity contribution is 6.06. The quantitative estimate of drug-likeness (QED) is 0.224. The molecular formula is C30H28N2O5. The first-order valence-electron chi connectivity index (χ1n) is 11.7. The highest BCUT2D eigenvalue weighted by atomic mass is 16.5. The van der Waals surface area contributed by atoms with E-state index >= 15 is 0 Å². The molecule has 7 nitrogen and oxygen atoms in total. The van der Waals surface area contributed by atoms with Crippen molar-refractivity contribution in [3.05, 3.63) is 106 Å². The molecule has 4 rings (SSSR count). The average molecular weight is 497 g/mol. The number of carbonyl (C=O) groups excluding carboxylic acids is 2. The summed E-state index contributed by atoms with van der Waals surface area (Å²) in [7, 11) is 0. The Morgan fingerprint density at radius 3 is 1.35 bits per heavy atom. The molecule has 0 heterocycles. The van der Waals surface area contributed by atoms with Crippen molar-refractivity contribution in [3.8, 4) is 23.0 Å². The van der Waals surface area contributed by atoms with E-state index in [1.807, 2.05) is 39.8 Å². The van der Waals surface area contributed by atoms with E-state index in [4.69, 9.17) is 4.74 Å². The van der Waals surface area contributed by atoms with Gasteiger partial charge < -0.3 is 25.6 Å². The Kier molecular flexibility index (Phi) is 7.15. The Morgan fingerprint density at radius 2 is 0.973 bits per heavy atom. The first-order valence-corrected chi connectivity index (χ1v) is 11.7. The van der Waals surface area contributed by atoms with E-state index in [-0.39, 0.29) is 34.7 Å². The van der Waals surface area contributed by atoms with Crippen LogP contribution in [0.5, 0.6) is 23.0 Å². The summed E-state index contributed by atoms with van der Waals surface area (Å²) >= 11 is 0. The van der Waals surface area contributed by atoms with Crippen molar-refractivity contribution >= 4 is 23.2 Å². The Balaban J connectivity index is 1.51.